The Morgan fingerprint density at radius 3 is 2.50 bits per heavy atom. The van der Waals surface area contributed by atoms with Crippen molar-refractivity contribution in [2.45, 2.75) is 6.42 Å². The summed E-state index contributed by atoms with van der Waals surface area (Å²) in [6.45, 7) is 0. The lowest BCUT2D eigenvalue weighted by molar-refractivity contribution is 0.463. The van der Waals surface area contributed by atoms with Crippen molar-refractivity contribution in [2.24, 2.45) is 0 Å². The molecule has 2 rings (SSSR count). The lowest BCUT2D eigenvalue weighted by Crippen LogP contribution is -1.95. The number of rotatable bonds is 2. The van der Waals surface area contributed by atoms with Gasteiger partial charge in [-0.2, -0.15) is 0 Å². The van der Waals surface area contributed by atoms with Crippen molar-refractivity contribution in [3.05, 3.63) is 54.9 Å². The minimum Gasteiger partial charge on any atom is -0.504 e. The third-order valence-electron chi connectivity index (χ3n) is 2.26. The highest BCUT2D eigenvalue weighted by molar-refractivity contribution is 14.1. The standard InChI is InChI=1S/C12H9I2NO/c13-10-9(7-15-12(14)11(10)16)6-8-4-2-1-3-5-8/h1-5,7,16H,6H2. The number of aromatic hydroxyl groups is 1. The second-order valence-electron chi connectivity index (χ2n) is 3.40. The third-order valence-corrected chi connectivity index (χ3v) is 4.25. The Bertz CT molecular complexity index is 500. The molecule has 4 heteroatoms. The second kappa shape index (κ2) is 5.31. The molecular weight excluding hydrogens is 428 g/mol. The van der Waals surface area contributed by atoms with Crippen molar-refractivity contribution in [1.82, 2.24) is 4.98 Å². The van der Waals surface area contributed by atoms with Gasteiger partial charge in [0.25, 0.3) is 0 Å². The van der Waals surface area contributed by atoms with Crippen molar-refractivity contribution in [3.63, 3.8) is 0 Å². The maximum atomic E-state index is 9.79. The molecule has 82 valence electrons. The van der Waals surface area contributed by atoms with Gasteiger partial charge in [0.05, 0.1) is 3.57 Å². The first-order valence-electron chi connectivity index (χ1n) is 4.74. The molecule has 16 heavy (non-hydrogen) atoms. The number of hydrogen-bond donors (Lipinski definition) is 1. The maximum Gasteiger partial charge on any atom is 0.161 e. The van der Waals surface area contributed by atoms with Gasteiger partial charge in [-0.25, -0.2) is 4.98 Å². The highest BCUT2D eigenvalue weighted by Gasteiger charge is 2.09. The molecule has 0 saturated heterocycles. The SMILES string of the molecule is Oc1c(I)ncc(Cc2ccccc2)c1I. The first-order chi connectivity index (χ1) is 7.68. The van der Waals surface area contributed by atoms with Gasteiger partial charge in [-0.3, -0.25) is 0 Å². The fraction of sp³-hybridized carbons (Fsp3) is 0.0833. The molecule has 1 N–H and O–H groups in total. The second-order valence-corrected chi connectivity index (χ2v) is 5.50. The van der Waals surface area contributed by atoms with Gasteiger partial charge >= 0.3 is 0 Å². The van der Waals surface area contributed by atoms with Gasteiger partial charge in [0.2, 0.25) is 0 Å². The third kappa shape index (κ3) is 2.65. The van der Waals surface area contributed by atoms with Crippen LogP contribution in [0.2, 0.25) is 0 Å². The quantitative estimate of drug-likeness (QED) is 0.576. The van der Waals surface area contributed by atoms with Crippen LogP contribution in [0.15, 0.2) is 36.5 Å². The fourth-order valence-corrected chi connectivity index (χ4v) is 2.94. The molecule has 0 aliphatic rings. The van der Waals surface area contributed by atoms with E-state index in [0.717, 1.165) is 15.6 Å². The van der Waals surface area contributed by atoms with E-state index in [9.17, 15) is 5.11 Å². The lowest BCUT2D eigenvalue weighted by Gasteiger charge is -2.07. The van der Waals surface area contributed by atoms with Gasteiger partial charge in [0, 0.05) is 12.6 Å². The van der Waals surface area contributed by atoms with Crippen LogP contribution in [0.1, 0.15) is 11.1 Å². The topological polar surface area (TPSA) is 33.1 Å². The van der Waals surface area contributed by atoms with Crippen LogP contribution in [0, 0.1) is 7.27 Å². The molecule has 0 bridgehead atoms. The summed E-state index contributed by atoms with van der Waals surface area (Å²) in [5.74, 6) is 0.287. The smallest absolute Gasteiger partial charge is 0.161 e. The summed E-state index contributed by atoms with van der Waals surface area (Å²) >= 11 is 4.19. The normalized spacial score (nSPS) is 10.4. The van der Waals surface area contributed by atoms with Crippen LogP contribution >= 0.6 is 45.2 Å². The largest absolute Gasteiger partial charge is 0.504 e. The average Bonchev–Trinajstić information content (AvgIpc) is 2.31. The number of halogens is 2. The summed E-state index contributed by atoms with van der Waals surface area (Å²) < 4.78 is 1.54. The van der Waals surface area contributed by atoms with E-state index in [1.54, 1.807) is 0 Å². The van der Waals surface area contributed by atoms with E-state index in [0.29, 0.717) is 3.70 Å². The van der Waals surface area contributed by atoms with E-state index < -0.39 is 0 Å². The van der Waals surface area contributed by atoms with Crippen LogP contribution in [-0.4, -0.2) is 10.1 Å². The number of pyridine rings is 1. The number of nitrogens with zero attached hydrogens (tertiary/aromatic N) is 1. The zero-order valence-corrected chi connectivity index (χ0v) is 12.6. The number of benzene rings is 1. The van der Waals surface area contributed by atoms with E-state index in [4.69, 9.17) is 0 Å². The highest BCUT2D eigenvalue weighted by atomic mass is 127. The van der Waals surface area contributed by atoms with E-state index >= 15 is 0 Å². The van der Waals surface area contributed by atoms with Crippen molar-refractivity contribution in [1.29, 1.82) is 0 Å². The molecular formula is C12H9I2NO. The van der Waals surface area contributed by atoms with Crippen LogP contribution in [0.4, 0.5) is 0 Å². The average molecular weight is 437 g/mol. The first-order valence-corrected chi connectivity index (χ1v) is 6.90. The summed E-state index contributed by atoms with van der Waals surface area (Å²) in [5, 5.41) is 9.79. The minimum atomic E-state index is 0.287. The molecule has 2 nitrogen and oxygen atoms in total. The molecule has 0 spiro atoms. The Kier molecular flexibility index (Phi) is 4.01. The number of aromatic nitrogens is 1. The summed E-state index contributed by atoms with van der Waals surface area (Å²) in [5.41, 5.74) is 2.28. The van der Waals surface area contributed by atoms with Gasteiger partial charge in [-0.1, -0.05) is 30.3 Å². The molecule has 1 aromatic carbocycles. The molecule has 0 atom stereocenters. The van der Waals surface area contributed by atoms with E-state index in [2.05, 4.69) is 39.7 Å². The first kappa shape index (κ1) is 12.1. The van der Waals surface area contributed by atoms with Crippen LogP contribution < -0.4 is 0 Å². The molecule has 0 fully saturated rings. The highest BCUT2D eigenvalue weighted by Crippen LogP contribution is 2.28. The summed E-state index contributed by atoms with van der Waals surface area (Å²) in [6, 6.07) is 10.2. The Hall–Kier alpha value is -0.370. The van der Waals surface area contributed by atoms with Crippen molar-refractivity contribution < 1.29 is 5.11 Å². The maximum absolute atomic E-state index is 9.79. The number of hydrogen-bond acceptors (Lipinski definition) is 2. The summed E-state index contributed by atoms with van der Waals surface area (Å²) in [7, 11) is 0. The fourth-order valence-electron chi connectivity index (χ4n) is 1.43. The zero-order valence-electron chi connectivity index (χ0n) is 8.32. The van der Waals surface area contributed by atoms with Crippen LogP contribution in [0.5, 0.6) is 5.75 Å². The molecule has 0 amide bonds. The Labute approximate surface area is 121 Å². The van der Waals surface area contributed by atoms with E-state index in [1.165, 1.54) is 5.56 Å². The predicted octanol–water partition coefficient (Wildman–Crippen LogP) is 3.59. The molecule has 1 heterocycles. The van der Waals surface area contributed by atoms with E-state index in [1.807, 2.05) is 47.0 Å². The minimum absolute atomic E-state index is 0.287. The molecule has 0 saturated carbocycles. The van der Waals surface area contributed by atoms with Gasteiger partial charge in [-0.15, -0.1) is 0 Å². The van der Waals surface area contributed by atoms with Gasteiger partial charge in [-0.05, 0) is 56.3 Å². The Morgan fingerprint density at radius 2 is 1.81 bits per heavy atom. The Balaban J connectivity index is 2.33. The van der Waals surface area contributed by atoms with Gasteiger partial charge in [0.15, 0.2) is 5.75 Å². The molecule has 0 aliphatic carbocycles. The molecule has 2 aromatic rings. The van der Waals surface area contributed by atoms with Crippen molar-refractivity contribution in [3.8, 4) is 5.75 Å². The zero-order chi connectivity index (χ0) is 11.5. The van der Waals surface area contributed by atoms with Crippen LogP contribution in [0.3, 0.4) is 0 Å². The predicted molar refractivity (Wildman–Crippen MR) is 80.6 cm³/mol. The van der Waals surface area contributed by atoms with Gasteiger partial charge in [0.1, 0.15) is 3.70 Å². The summed E-state index contributed by atoms with van der Waals surface area (Å²) in [6.07, 6.45) is 2.63. The van der Waals surface area contributed by atoms with Crippen LogP contribution in [-0.2, 0) is 6.42 Å². The monoisotopic (exact) mass is 437 g/mol. The van der Waals surface area contributed by atoms with Gasteiger partial charge < -0.3 is 5.11 Å². The molecule has 1 aromatic heterocycles. The summed E-state index contributed by atoms with van der Waals surface area (Å²) in [4.78, 5) is 4.17. The van der Waals surface area contributed by atoms with E-state index in [-0.39, 0.29) is 5.75 Å². The Morgan fingerprint density at radius 1 is 1.12 bits per heavy atom. The van der Waals surface area contributed by atoms with Crippen molar-refractivity contribution in [2.75, 3.05) is 0 Å². The van der Waals surface area contributed by atoms with Crippen LogP contribution in [0.25, 0.3) is 0 Å². The molecule has 0 aliphatic heterocycles. The molecule has 0 unspecified atom stereocenters. The molecule has 0 radical (unpaired) electrons. The van der Waals surface area contributed by atoms with Crippen molar-refractivity contribution >= 4 is 45.2 Å². The lowest BCUT2D eigenvalue weighted by atomic mass is 10.1.